The molecule has 0 saturated heterocycles. The van der Waals surface area contributed by atoms with Crippen LogP contribution in [0.3, 0.4) is 0 Å². The minimum absolute atomic E-state index is 0.000111. The van der Waals surface area contributed by atoms with Gasteiger partial charge in [-0.05, 0) is 35.4 Å². The molecule has 3 aromatic carbocycles. The molecule has 24 heavy (non-hydrogen) atoms. The van der Waals surface area contributed by atoms with E-state index in [1.165, 1.54) is 12.1 Å². The summed E-state index contributed by atoms with van der Waals surface area (Å²) in [7, 11) is 0. The van der Waals surface area contributed by atoms with Gasteiger partial charge in [0.15, 0.2) is 0 Å². The summed E-state index contributed by atoms with van der Waals surface area (Å²) in [6.07, 6.45) is 0. The van der Waals surface area contributed by atoms with Gasteiger partial charge in [-0.3, -0.25) is 4.79 Å². The molecule has 0 unspecified atom stereocenters. The van der Waals surface area contributed by atoms with Gasteiger partial charge in [0, 0.05) is 0 Å². The van der Waals surface area contributed by atoms with Gasteiger partial charge in [-0.25, -0.2) is 4.79 Å². The topological polar surface area (TPSA) is 66.4 Å². The molecule has 0 aliphatic rings. The Bertz CT molecular complexity index is 912. The standard InChI is InChI=1S/C20H17NO3/c1-13(15-12-6-8-14-7-2-3-9-16(14)15)21-19(22)17-10-4-5-11-18(17)20(23)24/h2-13H,1H3,(H,21,22)(H,23,24)/t13-/m1/s1. The Hall–Kier alpha value is -3.14. The first-order valence-electron chi connectivity index (χ1n) is 7.69. The van der Waals surface area contributed by atoms with Crippen LogP contribution in [0.2, 0.25) is 0 Å². The molecule has 0 spiro atoms. The zero-order valence-electron chi connectivity index (χ0n) is 13.2. The minimum Gasteiger partial charge on any atom is -0.478 e. The van der Waals surface area contributed by atoms with Crippen LogP contribution >= 0.6 is 0 Å². The van der Waals surface area contributed by atoms with Crippen LogP contribution in [0, 0.1) is 0 Å². The Labute approximate surface area is 139 Å². The van der Waals surface area contributed by atoms with Gasteiger partial charge >= 0.3 is 5.97 Å². The van der Waals surface area contributed by atoms with Gasteiger partial charge in [0.25, 0.3) is 5.91 Å². The summed E-state index contributed by atoms with van der Waals surface area (Å²) in [6, 6.07) is 19.9. The van der Waals surface area contributed by atoms with E-state index in [1.54, 1.807) is 12.1 Å². The molecule has 0 bridgehead atoms. The normalized spacial score (nSPS) is 11.9. The number of hydrogen-bond acceptors (Lipinski definition) is 2. The summed E-state index contributed by atoms with van der Waals surface area (Å²) in [5.74, 6) is -1.51. The van der Waals surface area contributed by atoms with Crippen LogP contribution in [0.4, 0.5) is 0 Å². The molecule has 0 heterocycles. The van der Waals surface area contributed by atoms with Crippen molar-refractivity contribution in [2.45, 2.75) is 13.0 Å². The van der Waals surface area contributed by atoms with E-state index in [0.717, 1.165) is 16.3 Å². The van der Waals surface area contributed by atoms with Gasteiger partial charge in [0.2, 0.25) is 0 Å². The van der Waals surface area contributed by atoms with Crippen molar-refractivity contribution in [1.29, 1.82) is 0 Å². The minimum atomic E-state index is -1.11. The maximum Gasteiger partial charge on any atom is 0.336 e. The van der Waals surface area contributed by atoms with E-state index in [9.17, 15) is 14.7 Å². The number of carboxylic acids is 1. The molecule has 4 heteroatoms. The highest BCUT2D eigenvalue weighted by Gasteiger charge is 2.18. The fraction of sp³-hybridized carbons (Fsp3) is 0.100. The maximum absolute atomic E-state index is 12.5. The Kier molecular flexibility index (Phi) is 4.29. The van der Waals surface area contributed by atoms with Crippen LogP contribution in [0.15, 0.2) is 66.7 Å². The molecule has 0 fully saturated rings. The third kappa shape index (κ3) is 2.99. The summed E-state index contributed by atoms with van der Waals surface area (Å²) >= 11 is 0. The van der Waals surface area contributed by atoms with Crippen LogP contribution in [-0.2, 0) is 0 Å². The van der Waals surface area contributed by atoms with E-state index < -0.39 is 11.9 Å². The maximum atomic E-state index is 12.5. The third-order valence-corrected chi connectivity index (χ3v) is 4.04. The van der Waals surface area contributed by atoms with Crippen molar-refractivity contribution in [3.8, 4) is 0 Å². The van der Waals surface area contributed by atoms with Crippen molar-refractivity contribution in [3.63, 3.8) is 0 Å². The molecule has 0 saturated carbocycles. The van der Waals surface area contributed by atoms with Crippen LogP contribution in [0.5, 0.6) is 0 Å². The summed E-state index contributed by atoms with van der Waals surface area (Å²) < 4.78 is 0. The van der Waals surface area contributed by atoms with Crippen molar-refractivity contribution in [2.75, 3.05) is 0 Å². The lowest BCUT2D eigenvalue weighted by molar-refractivity contribution is 0.0690. The van der Waals surface area contributed by atoms with Crippen LogP contribution in [0.25, 0.3) is 10.8 Å². The lowest BCUT2D eigenvalue weighted by Gasteiger charge is -2.17. The molecule has 3 aromatic rings. The summed E-state index contributed by atoms with van der Waals surface area (Å²) in [5.41, 5.74) is 1.16. The molecule has 0 radical (unpaired) electrons. The third-order valence-electron chi connectivity index (χ3n) is 4.04. The Morgan fingerprint density at radius 3 is 2.25 bits per heavy atom. The predicted octanol–water partition coefficient (Wildman–Crippen LogP) is 4.03. The van der Waals surface area contributed by atoms with Crippen LogP contribution in [0.1, 0.15) is 39.2 Å². The largest absolute Gasteiger partial charge is 0.478 e. The number of nitrogens with one attached hydrogen (secondary N) is 1. The molecule has 1 amide bonds. The number of carbonyl (C=O) groups excluding carboxylic acids is 1. The first-order chi connectivity index (χ1) is 11.6. The monoisotopic (exact) mass is 319 g/mol. The second-order valence-corrected chi connectivity index (χ2v) is 5.61. The molecule has 1 atom stereocenters. The zero-order chi connectivity index (χ0) is 17.1. The Balaban J connectivity index is 1.91. The number of hydrogen-bond donors (Lipinski definition) is 2. The average molecular weight is 319 g/mol. The fourth-order valence-corrected chi connectivity index (χ4v) is 2.85. The van der Waals surface area contributed by atoms with Gasteiger partial charge in [-0.2, -0.15) is 0 Å². The molecule has 3 rings (SSSR count). The number of carbonyl (C=O) groups is 2. The van der Waals surface area contributed by atoms with E-state index in [2.05, 4.69) is 5.32 Å². The summed E-state index contributed by atoms with van der Waals surface area (Å²) in [5, 5.41) is 14.3. The second kappa shape index (κ2) is 6.54. The molecular weight excluding hydrogens is 302 g/mol. The second-order valence-electron chi connectivity index (χ2n) is 5.61. The highest BCUT2D eigenvalue weighted by Crippen LogP contribution is 2.24. The average Bonchev–Trinajstić information content (AvgIpc) is 2.61. The number of fused-ring (bicyclic) bond motifs is 1. The Morgan fingerprint density at radius 2 is 1.50 bits per heavy atom. The van der Waals surface area contributed by atoms with E-state index in [0.29, 0.717) is 0 Å². The number of benzene rings is 3. The van der Waals surface area contributed by atoms with Crippen molar-refractivity contribution < 1.29 is 14.7 Å². The van der Waals surface area contributed by atoms with Gasteiger partial charge in [-0.1, -0.05) is 54.6 Å². The summed E-state index contributed by atoms with van der Waals surface area (Å²) in [6.45, 7) is 1.89. The lowest BCUT2D eigenvalue weighted by atomic mass is 9.99. The van der Waals surface area contributed by atoms with Crippen molar-refractivity contribution in [1.82, 2.24) is 5.32 Å². The molecular formula is C20H17NO3. The van der Waals surface area contributed by atoms with Crippen molar-refractivity contribution in [2.24, 2.45) is 0 Å². The predicted molar refractivity (Wildman–Crippen MR) is 93.2 cm³/mol. The molecule has 2 N–H and O–H groups in total. The Morgan fingerprint density at radius 1 is 0.875 bits per heavy atom. The molecule has 0 aliphatic heterocycles. The zero-order valence-corrected chi connectivity index (χ0v) is 13.2. The highest BCUT2D eigenvalue weighted by atomic mass is 16.4. The number of rotatable bonds is 4. The lowest BCUT2D eigenvalue weighted by Crippen LogP contribution is -2.28. The van der Waals surface area contributed by atoms with Crippen molar-refractivity contribution >= 4 is 22.6 Å². The summed E-state index contributed by atoms with van der Waals surface area (Å²) in [4.78, 5) is 23.8. The molecule has 4 nitrogen and oxygen atoms in total. The number of carboxylic acid groups (broad SMARTS) is 1. The molecule has 120 valence electrons. The van der Waals surface area contributed by atoms with Gasteiger partial charge < -0.3 is 10.4 Å². The van der Waals surface area contributed by atoms with E-state index in [1.807, 2.05) is 49.4 Å². The van der Waals surface area contributed by atoms with Gasteiger partial charge in [0.05, 0.1) is 17.2 Å². The first-order valence-corrected chi connectivity index (χ1v) is 7.69. The van der Waals surface area contributed by atoms with Crippen molar-refractivity contribution in [3.05, 3.63) is 83.4 Å². The SMILES string of the molecule is C[C@@H](NC(=O)c1ccccc1C(=O)O)c1cccc2ccccc12. The van der Waals surface area contributed by atoms with Crippen LogP contribution < -0.4 is 5.32 Å². The van der Waals surface area contributed by atoms with Gasteiger partial charge in [0.1, 0.15) is 0 Å². The van der Waals surface area contributed by atoms with E-state index >= 15 is 0 Å². The van der Waals surface area contributed by atoms with E-state index in [4.69, 9.17) is 0 Å². The van der Waals surface area contributed by atoms with Crippen LogP contribution in [-0.4, -0.2) is 17.0 Å². The molecule has 0 aliphatic carbocycles. The number of aromatic carboxylic acids is 1. The molecule has 0 aromatic heterocycles. The highest BCUT2D eigenvalue weighted by molar-refractivity contribution is 6.05. The quantitative estimate of drug-likeness (QED) is 0.763. The first kappa shape index (κ1) is 15.7. The van der Waals surface area contributed by atoms with E-state index in [-0.39, 0.29) is 17.2 Å². The van der Waals surface area contributed by atoms with Gasteiger partial charge in [-0.15, -0.1) is 0 Å². The number of amides is 1. The smallest absolute Gasteiger partial charge is 0.336 e. The fourth-order valence-electron chi connectivity index (χ4n) is 2.85.